The van der Waals surface area contributed by atoms with Crippen molar-refractivity contribution in [2.24, 2.45) is 0 Å². The zero-order chi connectivity index (χ0) is 23.5. The third-order valence-corrected chi connectivity index (χ3v) is 7.25. The summed E-state index contributed by atoms with van der Waals surface area (Å²) in [6.07, 6.45) is 0. The van der Waals surface area contributed by atoms with Crippen LogP contribution >= 0.6 is 34.8 Å². The van der Waals surface area contributed by atoms with Gasteiger partial charge in [-0.25, -0.2) is 8.42 Å². The minimum atomic E-state index is -3.78. The normalized spacial score (nSPS) is 11.4. The van der Waals surface area contributed by atoms with Gasteiger partial charge in [-0.1, -0.05) is 34.8 Å². The van der Waals surface area contributed by atoms with Crippen LogP contribution in [0.15, 0.2) is 65.6 Å². The van der Waals surface area contributed by atoms with Crippen molar-refractivity contribution in [2.45, 2.75) is 11.4 Å². The van der Waals surface area contributed by atoms with Gasteiger partial charge in [0.25, 0.3) is 5.91 Å². The Balaban J connectivity index is 1.85. The predicted octanol–water partition coefficient (Wildman–Crippen LogP) is 5.73. The Morgan fingerprint density at radius 1 is 0.969 bits per heavy atom. The van der Waals surface area contributed by atoms with Gasteiger partial charge in [0.2, 0.25) is 10.0 Å². The second-order valence-electron chi connectivity index (χ2n) is 6.82. The largest absolute Gasteiger partial charge is 0.496 e. The highest BCUT2D eigenvalue weighted by molar-refractivity contribution is 7.89. The molecule has 3 aromatic rings. The van der Waals surface area contributed by atoms with Crippen LogP contribution in [0.2, 0.25) is 15.1 Å². The number of halogens is 3. The molecule has 168 valence electrons. The molecule has 0 bridgehead atoms. The smallest absolute Gasteiger partial charge is 0.255 e. The third-order valence-electron chi connectivity index (χ3n) is 4.64. The van der Waals surface area contributed by atoms with Gasteiger partial charge < -0.3 is 10.1 Å². The lowest BCUT2D eigenvalue weighted by Crippen LogP contribution is -2.27. The van der Waals surface area contributed by atoms with E-state index in [0.717, 1.165) is 0 Å². The Morgan fingerprint density at radius 2 is 1.62 bits per heavy atom. The molecule has 6 nitrogen and oxygen atoms in total. The molecule has 0 fully saturated rings. The van der Waals surface area contributed by atoms with E-state index in [-0.39, 0.29) is 11.4 Å². The first-order chi connectivity index (χ1) is 15.1. The molecule has 0 aliphatic heterocycles. The fourth-order valence-corrected chi connectivity index (χ4v) is 4.67. The number of sulfonamides is 1. The van der Waals surface area contributed by atoms with Crippen molar-refractivity contribution in [3.63, 3.8) is 0 Å². The van der Waals surface area contributed by atoms with Crippen LogP contribution in [-0.2, 0) is 16.6 Å². The first-order valence-corrected chi connectivity index (χ1v) is 11.8. The fraction of sp³-hybridized carbons (Fsp3) is 0.136. The molecule has 1 amide bonds. The summed E-state index contributed by atoms with van der Waals surface area (Å²) >= 11 is 17.9. The van der Waals surface area contributed by atoms with Crippen LogP contribution < -0.4 is 10.1 Å². The van der Waals surface area contributed by atoms with E-state index in [1.807, 2.05) is 0 Å². The maximum atomic E-state index is 12.9. The molecule has 1 N–H and O–H groups in total. The Bertz CT molecular complexity index is 1250. The van der Waals surface area contributed by atoms with Crippen molar-refractivity contribution in [3.05, 3.63) is 86.9 Å². The van der Waals surface area contributed by atoms with Crippen LogP contribution in [0.25, 0.3) is 0 Å². The maximum absolute atomic E-state index is 12.9. The van der Waals surface area contributed by atoms with Crippen molar-refractivity contribution in [3.8, 4) is 5.75 Å². The van der Waals surface area contributed by atoms with Crippen LogP contribution in [-0.4, -0.2) is 32.8 Å². The van der Waals surface area contributed by atoms with E-state index >= 15 is 0 Å². The molecule has 0 aliphatic carbocycles. The number of hydrogen-bond donors (Lipinski definition) is 1. The summed E-state index contributed by atoms with van der Waals surface area (Å²) in [5, 5.41) is 3.90. The molecule has 0 spiro atoms. The Labute approximate surface area is 201 Å². The summed E-state index contributed by atoms with van der Waals surface area (Å²) in [6.45, 7) is -0.0169. The van der Waals surface area contributed by atoms with Gasteiger partial charge in [0.05, 0.1) is 22.7 Å². The van der Waals surface area contributed by atoms with Gasteiger partial charge in [0, 0.05) is 34.8 Å². The van der Waals surface area contributed by atoms with Crippen LogP contribution in [0.4, 0.5) is 5.69 Å². The molecule has 0 heterocycles. The zero-order valence-corrected chi connectivity index (χ0v) is 20.2. The average Bonchev–Trinajstić information content (AvgIpc) is 2.75. The number of nitrogens with one attached hydrogen (secondary N) is 1. The number of amides is 1. The van der Waals surface area contributed by atoms with Gasteiger partial charge in [-0.3, -0.25) is 4.79 Å². The van der Waals surface area contributed by atoms with Crippen LogP contribution in [0, 0.1) is 0 Å². The Hall–Kier alpha value is -2.29. The molecule has 0 saturated carbocycles. The number of hydrogen-bond acceptors (Lipinski definition) is 4. The van der Waals surface area contributed by atoms with Gasteiger partial charge >= 0.3 is 0 Å². The Morgan fingerprint density at radius 3 is 2.25 bits per heavy atom. The van der Waals surface area contributed by atoms with Crippen LogP contribution in [0.1, 0.15) is 15.9 Å². The number of carbonyl (C=O) groups is 1. The minimum Gasteiger partial charge on any atom is -0.496 e. The van der Waals surface area contributed by atoms with Gasteiger partial charge in [0.1, 0.15) is 5.75 Å². The molecule has 10 heteroatoms. The predicted molar refractivity (Wildman–Crippen MR) is 128 cm³/mol. The molecule has 0 atom stereocenters. The number of carbonyl (C=O) groups excluding carboxylic acids is 1. The number of rotatable bonds is 7. The highest BCUT2D eigenvalue weighted by Crippen LogP contribution is 2.28. The number of ether oxygens (including phenoxy) is 1. The minimum absolute atomic E-state index is 0.0169. The second-order valence-corrected chi connectivity index (χ2v) is 10.1. The van der Waals surface area contributed by atoms with Gasteiger partial charge in [-0.2, -0.15) is 4.31 Å². The monoisotopic (exact) mass is 512 g/mol. The summed E-state index contributed by atoms with van der Waals surface area (Å²) in [7, 11) is -0.862. The fourth-order valence-electron chi connectivity index (χ4n) is 2.94. The Kier molecular flexibility index (Phi) is 7.69. The quantitative estimate of drug-likeness (QED) is 0.438. The van der Waals surface area contributed by atoms with Gasteiger partial charge in [-0.15, -0.1) is 0 Å². The van der Waals surface area contributed by atoms with Crippen LogP contribution in [0.3, 0.4) is 0 Å². The van der Waals surface area contributed by atoms with Crippen molar-refractivity contribution in [1.82, 2.24) is 4.31 Å². The van der Waals surface area contributed by atoms with Gasteiger partial charge in [0.15, 0.2) is 0 Å². The lowest BCUT2D eigenvalue weighted by molar-refractivity contribution is 0.102. The molecule has 0 aromatic heterocycles. The second kappa shape index (κ2) is 10.1. The van der Waals surface area contributed by atoms with Crippen molar-refractivity contribution >= 4 is 56.4 Å². The van der Waals surface area contributed by atoms with E-state index in [1.165, 1.54) is 48.8 Å². The number of anilines is 1. The number of methoxy groups -OCH3 is 1. The summed E-state index contributed by atoms with van der Waals surface area (Å²) in [6, 6.07) is 15.4. The molecular formula is C22H19Cl3N2O4S. The molecule has 0 saturated heterocycles. The molecule has 0 aliphatic rings. The summed E-state index contributed by atoms with van der Waals surface area (Å²) in [5.41, 5.74) is 1.23. The highest BCUT2D eigenvalue weighted by atomic mass is 35.5. The average molecular weight is 514 g/mol. The van der Waals surface area contributed by atoms with Gasteiger partial charge in [-0.05, 0) is 60.7 Å². The summed E-state index contributed by atoms with van der Waals surface area (Å²) in [4.78, 5) is 12.9. The van der Waals surface area contributed by atoms with E-state index in [0.29, 0.717) is 37.6 Å². The third kappa shape index (κ3) is 5.54. The van der Waals surface area contributed by atoms with E-state index in [1.54, 1.807) is 30.3 Å². The molecule has 0 radical (unpaired) electrons. The van der Waals surface area contributed by atoms with Crippen molar-refractivity contribution < 1.29 is 17.9 Å². The van der Waals surface area contributed by atoms with Crippen LogP contribution in [0.5, 0.6) is 5.75 Å². The lowest BCUT2D eigenvalue weighted by Gasteiger charge is -2.19. The van der Waals surface area contributed by atoms with E-state index in [4.69, 9.17) is 39.5 Å². The SMILES string of the molecule is COc1ccc(C(=O)Nc2ccc(Cl)cc2Cl)cc1CN(C)S(=O)(=O)c1ccc(Cl)cc1. The lowest BCUT2D eigenvalue weighted by atomic mass is 10.1. The molecule has 3 rings (SSSR count). The molecule has 0 unspecified atom stereocenters. The molecule has 3 aromatic carbocycles. The highest BCUT2D eigenvalue weighted by Gasteiger charge is 2.23. The first-order valence-electron chi connectivity index (χ1n) is 9.27. The topological polar surface area (TPSA) is 75.7 Å². The summed E-state index contributed by atoms with van der Waals surface area (Å²) in [5.74, 6) is 0.0329. The van der Waals surface area contributed by atoms with E-state index < -0.39 is 15.9 Å². The van der Waals surface area contributed by atoms with Crippen molar-refractivity contribution in [1.29, 1.82) is 0 Å². The molecular weight excluding hydrogens is 495 g/mol. The standard InChI is InChI=1S/C22H19Cl3N2O4S/c1-27(32(29,30)18-7-4-16(23)5-8-18)13-15-11-14(3-10-21(15)31-2)22(28)26-20-9-6-17(24)12-19(20)25/h3-12H,13H2,1-2H3,(H,26,28). The summed E-state index contributed by atoms with van der Waals surface area (Å²) < 4.78 is 32.4. The zero-order valence-electron chi connectivity index (χ0n) is 17.1. The molecule has 32 heavy (non-hydrogen) atoms. The number of nitrogens with zero attached hydrogens (tertiary/aromatic N) is 1. The maximum Gasteiger partial charge on any atom is 0.255 e. The number of benzene rings is 3. The van der Waals surface area contributed by atoms with E-state index in [9.17, 15) is 13.2 Å². The van der Waals surface area contributed by atoms with E-state index in [2.05, 4.69) is 5.32 Å². The first kappa shape index (κ1) is 24.4. The van der Waals surface area contributed by atoms with Crippen molar-refractivity contribution in [2.75, 3.05) is 19.5 Å².